The average Bonchev–Trinajstić information content (AvgIpc) is 2.08. The Balaban J connectivity index is 2.91. The molecule has 68 valence electrons. The topological polar surface area (TPSA) is 13.0 Å². The first-order valence-corrected chi connectivity index (χ1v) is 4.31. The lowest BCUT2D eigenvalue weighted by Crippen LogP contribution is -2.64. The molecule has 0 aliphatic carbocycles. The Labute approximate surface area is 83.3 Å². The quantitative estimate of drug-likeness (QED) is 0.516. The van der Waals surface area contributed by atoms with Crippen LogP contribution in [0.1, 0.15) is 0 Å². The molecule has 1 saturated heterocycles. The maximum Gasteiger partial charge on any atom is 0.209 e. The van der Waals surface area contributed by atoms with E-state index in [9.17, 15) is 0 Å². The Kier molecular flexibility index (Phi) is 2.39. The lowest BCUT2D eigenvalue weighted by Gasteiger charge is -2.47. The summed E-state index contributed by atoms with van der Waals surface area (Å²) in [4.78, 5) is 0. The maximum absolute atomic E-state index is 5.17. The van der Waals surface area contributed by atoms with E-state index in [2.05, 4.69) is 0 Å². The van der Waals surface area contributed by atoms with Crippen LogP contribution in [0.2, 0.25) is 0 Å². The molecule has 0 bridgehead atoms. The Hall–Kier alpha value is -0.620. The Morgan fingerprint density at radius 2 is 0.833 bits per heavy atom. The third kappa shape index (κ3) is 1.21. The average molecular weight is 204 g/mol. The molecule has 1 rings (SSSR count). The summed E-state index contributed by atoms with van der Waals surface area (Å²) >= 11 is 10.3. The molecule has 1 fully saturated rings. The van der Waals surface area contributed by atoms with Crippen LogP contribution in [-0.2, 0) is 0 Å². The first kappa shape index (κ1) is 9.47. The number of hydrogen-bond acceptors (Lipinski definition) is 2. The SMILES string of the molecule is CN1C(=S)N(C)N(C)C(=S)N1C. The molecule has 6 heteroatoms. The van der Waals surface area contributed by atoms with Crippen molar-refractivity contribution in [3.8, 4) is 0 Å². The third-order valence-electron chi connectivity index (χ3n) is 2.01. The van der Waals surface area contributed by atoms with Gasteiger partial charge in [0.05, 0.1) is 0 Å². The van der Waals surface area contributed by atoms with Crippen LogP contribution >= 0.6 is 24.4 Å². The third-order valence-corrected chi connectivity index (χ3v) is 3.06. The zero-order valence-electron chi connectivity index (χ0n) is 7.61. The van der Waals surface area contributed by atoms with Crippen LogP contribution in [0.3, 0.4) is 0 Å². The zero-order valence-corrected chi connectivity index (χ0v) is 9.24. The van der Waals surface area contributed by atoms with E-state index in [4.69, 9.17) is 24.4 Å². The van der Waals surface area contributed by atoms with Gasteiger partial charge >= 0.3 is 0 Å². The van der Waals surface area contributed by atoms with Crippen molar-refractivity contribution in [2.75, 3.05) is 28.2 Å². The van der Waals surface area contributed by atoms with E-state index >= 15 is 0 Å². The van der Waals surface area contributed by atoms with Crippen molar-refractivity contribution in [1.29, 1.82) is 0 Å². The van der Waals surface area contributed by atoms with Crippen LogP contribution in [0.4, 0.5) is 0 Å². The molecule has 0 aromatic heterocycles. The van der Waals surface area contributed by atoms with Crippen molar-refractivity contribution in [2.24, 2.45) is 0 Å². The summed E-state index contributed by atoms with van der Waals surface area (Å²) in [6, 6.07) is 0. The molecule has 0 atom stereocenters. The molecular weight excluding hydrogens is 192 g/mol. The van der Waals surface area contributed by atoms with Crippen molar-refractivity contribution < 1.29 is 0 Å². The minimum atomic E-state index is 0.730. The summed E-state index contributed by atoms with van der Waals surface area (Å²) in [5.74, 6) is 0. The van der Waals surface area contributed by atoms with Crippen LogP contribution in [0, 0.1) is 0 Å². The van der Waals surface area contributed by atoms with Crippen LogP contribution < -0.4 is 0 Å². The molecule has 0 aromatic rings. The van der Waals surface area contributed by atoms with Crippen LogP contribution in [-0.4, -0.2) is 58.5 Å². The highest BCUT2D eigenvalue weighted by molar-refractivity contribution is 7.80. The van der Waals surface area contributed by atoms with Gasteiger partial charge in [0, 0.05) is 28.2 Å². The highest BCUT2D eigenvalue weighted by atomic mass is 32.1. The molecule has 1 aliphatic heterocycles. The predicted molar refractivity (Wildman–Crippen MR) is 56.2 cm³/mol. The zero-order chi connectivity index (χ0) is 9.46. The smallest absolute Gasteiger partial charge is 0.209 e. The molecule has 1 aliphatic rings. The lowest BCUT2D eigenvalue weighted by molar-refractivity contribution is 0.0594. The highest BCUT2D eigenvalue weighted by Gasteiger charge is 2.28. The standard InChI is InChI=1S/C6H12N4S2/c1-7-5(11)9(3)10(4)6(12)8(7)2/h1-4H3. The first-order valence-electron chi connectivity index (χ1n) is 3.49. The number of thiocarbonyl (C=S) groups is 2. The van der Waals surface area contributed by atoms with Gasteiger partial charge in [-0.25, -0.2) is 0 Å². The normalized spacial score (nSPS) is 19.3. The van der Waals surface area contributed by atoms with Crippen LogP contribution in [0.5, 0.6) is 0 Å². The highest BCUT2D eigenvalue weighted by Crippen LogP contribution is 2.11. The molecule has 12 heavy (non-hydrogen) atoms. The van der Waals surface area contributed by atoms with Gasteiger partial charge < -0.3 is 0 Å². The van der Waals surface area contributed by atoms with E-state index in [0.717, 1.165) is 10.2 Å². The second-order valence-corrected chi connectivity index (χ2v) is 3.39. The molecule has 0 N–H and O–H groups in total. The minimum Gasteiger partial charge on any atom is -0.260 e. The van der Waals surface area contributed by atoms with Gasteiger partial charge in [0.2, 0.25) is 10.2 Å². The van der Waals surface area contributed by atoms with E-state index in [-0.39, 0.29) is 0 Å². The van der Waals surface area contributed by atoms with E-state index in [1.807, 2.05) is 48.2 Å². The van der Waals surface area contributed by atoms with E-state index in [0.29, 0.717) is 0 Å². The molecule has 1 heterocycles. The van der Waals surface area contributed by atoms with Crippen molar-refractivity contribution in [2.45, 2.75) is 0 Å². The molecule has 0 radical (unpaired) electrons. The molecule has 4 nitrogen and oxygen atoms in total. The Morgan fingerprint density at radius 3 is 1.00 bits per heavy atom. The molecular formula is C6H12N4S2. The van der Waals surface area contributed by atoms with Gasteiger partial charge in [0.1, 0.15) is 0 Å². The van der Waals surface area contributed by atoms with Crippen LogP contribution in [0.25, 0.3) is 0 Å². The van der Waals surface area contributed by atoms with Crippen molar-refractivity contribution in [3.05, 3.63) is 0 Å². The predicted octanol–water partition coefficient (Wildman–Crippen LogP) is 0.127. The second-order valence-electron chi connectivity index (χ2n) is 2.66. The summed E-state index contributed by atoms with van der Waals surface area (Å²) < 4.78 is 0. The van der Waals surface area contributed by atoms with Gasteiger partial charge in [-0.2, -0.15) is 0 Å². The van der Waals surface area contributed by atoms with Gasteiger partial charge in [-0.05, 0) is 24.4 Å². The second kappa shape index (κ2) is 3.02. The number of hydrazine groups is 2. The van der Waals surface area contributed by atoms with E-state index in [1.165, 1.54) is 0 Å². The number of hydrogen-bond donors (Lipinski definition) is 0. The van der Waals surface area contributed by atoms with Gasteiger partial charge in [-0.3, -0.25) is 20.0 Å². The maximum atomic E-state index is 5.17. The first-order chi connectivity index (χ1) is 5.46. The molecule has 0 unspecified atom stereocenters. The fraction of sp³-hybridized carbons (Fsp3) is 0.667. The van der Waals surface area contributed by atoms with Crippen LogP contribution in [0.15, 0.2) is 0 Å². The monoisotopic (exact) mass is 204 g/mol. The van der Waals surface area contributed by atoms with Crippen molar-refractivity contribution in [3.63, 3.8) is 0 Å². The lowest BCUT2D eigenvalue weighted by atomic mass is 10.7. The largest absolute Gasteiger partial charge is 0.260 e. The van der Waals surface area contributed by atoms with E-state index in [1.54, 1.807) is 0 Å². The van der Waals surface area contributed by atoms with Gasteiger partial charge in [-0.15, -0.1) is 0 Å². The van der Waals surface area contributed by atoms with Gasteiger partial charge in [0.15, 0.2) is 0 Å². The summed E-state index contributed by atoms with van der Waals surface area (Å²) in [5, 5.41) is 8.78. The van der Waals surface area contributed by atoms with Gasteiger partial charge in [0.25, 0.3) is 0 Å². The summed E-state index contributed by atoms with van der Waals surface area (Å²) in [5.41, 5.74) is 0. The fourth-order valence-corrected chi connectivity index (χ4v) is 1.42. The number of rotatable bonds is 0. The molecule has 0 spiro atoms. The minimum absolute atomic E-state index is 0.730. The number of nitrogens with zero attached hydrogens (tertiary/aromatic N) is 4. The van der Waals surface area contributed by atoms with Crippen molar-refractivity contribution in [1.82, 2.24) is 20.0 Å². The van der Waals surface area contributed by atoms with E-state index < -0.39 is 0 Å². The summed E-state index contributed by atoms with van der Waals surface area (Å²) in [6.07, 6.45) is 0. The summed E-state index contributed by atoms with van der Waals surface area (Å²) in [7, 11) is 7.55. The van der Waals surface area contributed by atoms with Crippen molar-refractivity contribution >= 4 is 34.7 Å². The molecule has 0 amide bonds. The van der Waals surface area contributed by atoms with Gasteiger partial charge in [-0.1, -0.05) is 0 Å². The molecule has 0 aromatic carbocycles. The summed E-state index contributed by atoms with van der Waals surface area (Å²) in [6.45, 7) is 0. The Morgan fingerprint density at radius 1 is 0.667 bits per heavy atom. The molecule has 0 saturated carbocycles. The Bertz CT molecular complexity index is 186. The fourth-order valence-electron chi connectivity index (χ4n) is 0.932.